The zero-order valence-electron chi connectivity index (χ0n) is 9.27. The molecular weight excluding hydrogens is 247 g/mol. The fourth-order valence-electron chi connectivity index (χ4n) is 2.19. The molecule has 0 heterocycles. The number of hydrogen-bond acceptors (Lipinski definition) is 1. The summed E-state index contributed by atoms with van der Waals surface area (Å²) in [4.78, 5) is 11.5. The lowest BCUT2D eigenvalue weighted by Crippen LogP contribution is -2.43. The van der Waals surface area contributed by atoms with E-state index >= 15 is 0 Å². The molecule has 0 aromatic heterocycles. The third-order valence-electron chi connectivity index (χ3n) is 3.41. The van der Waals surface area contributed by atoms with Gasteiger partial charge in [-0.25, -0.2) is 4.79 Å². The summed E-state index contributed by atoms with van der Waals surface area (Å²) in [6, 6.07) is 0.271. The lowest BCUT2D eigenvalue weighted by atomic mass is 9.96. The molecule has 0 bridgehead atoms. The summed E-state index contributed by atoms with van der Waals surface area (Å²) in [7, 11) is 0. The van der Waals surface area contributed by atoms with E-state index in [2.05, 4.69) is 10.6 Å². The smallest absolute Gasteiger partial charge is 0.315 e. The maximum atomic E-state index is 11.5. The van der Waals surface area contributed by atoms with Gasteiger partial charge in [-0.2, -0.15) is 0 Å². The Morgan fingerprint density at radius 1 is 1.25 bits per heavy atom. The molecule has 0 spiro atoms. The van der Waals surface area contributed by atoms with Crippen molar-refractivity contribution in [2.45, 2.75) is 48.9 Å². The van der Waals surface area contributed by atoms with Gasteiger partial charge in [-0.3, -0.25) is 0 Å². The Balaban J connectivity index is 1.61. The van der Waals surface area contributed by atoms with Gasteiger partial charge >= 0.3 is 6.03 Å². The zero-order chi connectivity index (χ0) is 11.6. The predicted molar refractivity (Wildman–Crippen MR) is 66.0 cm³/mol. The van der Waals surface area contributed by atoms with Crippen molar-refractivity contribution in [3.05, 3.63) is 0 Å². The summed E-state index contributed by atoms with van der Waals surface area (Å²) in [6.45, 7) is 0.575. The van der Waals surface area contributed by atoms with Gasteiger partial charge in [0.2, 0.25) is 0 Å². The Hall–Kier alpha value is -0.150. The van der Waals surface area contributed by atoms with E-state index in [0.29, 0.717) is 12.6 Å². The second-order valence-electron chi connectivity index (χ2n) is 4.85. The average molecular weight is 265 g/mol. The third-order valence-corrected chi connectivity index (χ3v) is 4.33. The van der Waals surface area contributed by atoms with Crippen LogP contribution < -0.4 is 10.6 Å². The molecule has 2 amide bonds. The predicted octanol–water partition coefficient (Wildman–Crippen LogP) is 2.81. The van der Waals surface area contributed by atoms with Crippen LogP contribution in [0.3, 0.4) is 0 Å². The van der Waals surface area contributed by atoms with Crippen LogP contribution in [0.5, 0.6) is 0 Å². The van der Waals surface area contributed by atoms with Crippen LogP contribution in [-0.2, 0) is 0 Å². The van der Waals surface area contributed by atoms with Crippen molar-refractivity contribution in [1.29, 1.82) is 0 Å². The molecule has 0 aromatic carbocycles. The maximum absolute atomic E-state index is 11.5. The minimum absolute atomic E-state index is 0.0806. The van der Waals surface area contributed by atoms with Gasteiger partial charge in [0.05, 0.1) is 0 Å². The Morgan fingerprint density at radius 3 is 2.44 bits per heavy atom. The Kier molecular flexibility index (Phi) is 3.85. The fourth-order valence-corrected chi connectivity index (χ4v) is 2.72. The van der Waals surface area contributed by atoms with Crippen LogP contribution in [-0.4, -0.2) is 23.0 Å². The largest absolute Gasteiger partial charge is 0.338 e. The van der Waals surface area contributed by atoms with Crippen molar-refractivity contribution in [3.63, 3.8) is 0 Å². The molecule has 2 rings (SSSR count). The van der Waals surface area contributed by atoms with Crippen molar-refractivity contribution >= 4 is 29.2 Å². The Labute approximate surface area is 106 Å². The fraction of sp³-hybridized carbons (Fsp3) is 0.909. The number of rotatable bonds is 3. The third kappa shape index (κ3) is 3.42. The number of nitrogens with one attached hydrogen (secondary N) is 2. The van der Waals surface area contributed by atoms with E-state index in [9.17, 15) is 4.79 Å². The highest BCUT2D eigenvalue weighted by Crippen LogP contribution is 2.52. The van der Waals surface area contributed by atoms with Gasteiger partial charge in [-0.1, -0.05) is 19.3 Å². The number of hydrogen-bond donors (Lipinski definition) is 2. The van der Waals surface area contributed by atoms with E-state index in [1.165, 1.54) is 19.3 Å². The topological polar surface area (TPSA) is 41.1 Å². The van der Waals surface area contributed by atoms with E-state index in [1.54, 1.807) is 0 Å². The van der Waals surface area contributed by atoms with E-state index in [0.717, 1.165) is 19.3 Å². The number of halogens is 2. The van der Waals surface area contributed by atoms with E-state index < -0.39 is 4.33 Å². The maximum Gasteiger partial charge on any atom is 0.315 e. The van der Waals surface area contributed by atoms with E-state index in [1.807, 2.05) is 0 Å². The minimum atomic E-state index is -0.599. The summed E-state index contributed by atoms with van der Waals surface area (Å²) < 4.78 is -0.599. The Bertz CT molecular complexity index is 265. The van der Waals surface area contributed by atoms with Gasteiger partial charge in [0.15, 0.2) is 0 Å². The number of alkyl halides is 2. The van der Waals surface area contributed by atoms with Gasteiger partial charge in [-0.15, -0.1) is 23.2 Å². The van der Waals surface area contributed by atoms with Gasteiger partial charge in [-0.05, 0) is 19.3 Å². The number of amides is 2. The van der Waals surface area contributed by atoms with Crippen molar-refractivity contribution < 1.29 is 4.79 Å². The second kappa shape index (κ2) is 5.01. The first-order valence-electron chi connectivity index (χ1n) is 6.00. The molecule has 0 aliphatic heterocycles. The van der Waals surface area contributed by atoms with Crippen LogP contribution in [0, 0.1) is 5.92 Å². The molecule has 3 nitrogen and oxygen atoms in total. The normalized spacial score (nSPS) is 28.5. The van der Waals surface area contributed by atoms with E-state index in [-0.39, 0.29) is 11.9 Å². The standard InChI is InChI=1S/C11H18Cl2N2O/c12-11(13)6-8(11)7-14-10(16)15-9-4-2-1-3-5-9/h8-9H,1-7H2,(H2,14,15,16). The van der Waals surface area contributed by atoms with E-state index in [4.69, 9.17) is 23.2 Å². The molecule has 1 atom stereocenters. The lowest BCUT2D eigenvalue weighted by Gasteiger charge is -2.22. The zero-order valence-corrected chi connectivity index (χ0v) is 10.8. The highest BCUT2D eigenvalue weighted by atomic mass is 35.5. The molecule has 0 radical (unpaired) electrons. The molecular formula is C11H18Cl2N2O. The number of carbonyl (C=O) groups excluding carboxylic acids is 1. The first kappa shape index (κ1) is 12.3. The SMILES string of the molecule is O=C(NCC1CC1(Cl)Cl)NC1CCCCC1. The molecule has 2 aliphatic rings. The highest BCUT2D eigenvalue weighted by molar-refractivity contribution is 6.50. The van der Waals surface area contributed by atoms with Crippen LogP contribution >= 0.6 is 23.2 Å². The molecule has 16 heavy (non-hydrogen) atoms. The second-order valence-corrected chi connectivity index (χ2v) is 6.39. The molecule has 2 saturated carbocycles. The van der Waals surface area contributed by atoms with Crippen LogP contribution in [0.25, 0.3) is 0 Å². The van der Waals surface area contributed by atoms with Gasteiger partial charge in [0.1, 0.15) is 4.33 Å². The molecule has 2 aliphatic carbocycles. The van der Waals surface area contributed by atoms with Gasteiger partial charge < -0.3 is 10.6 Å². The average Bonchev–Trinajstić information content (AvgIpc) is 2.85. The molecule has 92 valence electrons. The van der Waals surface area contributed by atoms with Crippen LogP contribution in [0.4, 0.5) is 4.79 Å². The van der Waals surface area contributed by atoms with Crippen molar-refractivity contribution in [3.8, 4) is 0 Å². The van der Waals surface area contributed by atoms with Crippen LogP contribution in [0.2, 0.25) is 0 Å². The number of carbonyl (C=O) groups is 1. The molecule has 1 unspecified atom stereocenters. The summed E-state index contributed by atoms with van der Waals surface area (Å²) in [5.41, 5.74) is 0. The van der Waals surface area contributed by atoms with Crippen LogP contribution in [0.15, 0.2) is 0 Å². The molecule has 2 N–H and O–H groups in total. The van der Waals surface area contributed by atoms with Crippen molar-refractivity contribution in [2.75, 3.05) is 6.54 Å². The highest BCUT2D eigenvalue weighted by Gasteiger charge is 2.51. The van der Waals surface area contributed by atoms with Crippen LogP contribution in [0.1, 0.15) is 38.5 Å². The van der Waals surface area contributed by atoms with Crippen molar-refractivity contribution in [2.24, 2.45) is 5.92 Å². The van der Waals surface area contributed by atoms with Gasteiger partial charge in [0, 0.05) is 18.5 Å². The summed E-state index contributed by atoms with van der Waals surface area (Å²) >= 11 is 11.8. The number of urea groups is 1. The molecule has 2 fully saturated rings. The molecule has 5 heteroatoms. The summed E-state index contributed by atoms with van der Waals surface area (Å²) in [5, 5.41) is 5.82. The molecule has 0 aromatic rings. The summed E-state index contributed by atoms with van der Waals surface area (Å²) in [5.74, 6) is 0.216. The van der Waals surface area contributed by atoms with Gasteiger partial charge in [0.25, 0.3) is 0 Å². The first-order valence-corrected chi connectivity index (χ1v) is 6.76. The monoisotopic (exact) mass is 264 g/mol. The van der Waals surface area contributed by atoms with Crippen molar-refractivity contribution in [1.82, 2.24) is 10.6 Å². The quantitative estimate of drug-likeness (QED) is 0.757. The Morgan fingerprint density at radius 2 is 1.88 bits per heavy atom. The minimum Gasteiger partial charge on any atom is -0.338 e. The first-order chi connectivity index (χ1) is 7.58. The lowest BCUT2D eigenvalue weighted by molar-refractivity contribution is 0.232. The molecule has 0 saturated heterocycles. The summed E-state index contributed by atoms with van der Waals surface area (Å²) in [6.07, 6.45) is 6.72.